The lowest BCUT2D eigenvalue weighted by Gasteiger charge is -1.90. The van der Waals surface area contributed by atoms with Crippen LogP contribution in [0.15, 0.2) is 22.6 Å². The van der Waals surface area contributed by atoms with Gasteiger partial charge in [0.25, 0.3) is 0 Å². The first-order chi connectivity index (χ1) is 5.83. The number of furan rings is 1. The second kappa shape index (κ2) is 2.64. The van der Waals surface area contributed by atoms with Gasteiger partial charge in [0.05, 0.1) is 6.61 Å². The predicted molar refractivity (Wildman–Crippen MR) is 45.7 cm³/mol. The Bertz CT molecular complexity index is 401. The van der Waals surface area contributed by atoms with E-state index in [4.69, 9.17) is 9.52 Å². The number of aryl methyl sites for hydroxylation is 1. The van der Waals surface area contributed by atoms with Crippen LogP contribution in [0.25, 0.3) is 11.0 Å². The summed E-state index contributed by atoms with van der Waals surface area (Å²) in [5, 5.41) is 9.91. The average molecular weight is 161 g/mol. The molecule has 0 aliphatic heterocycles. The zero-order chi connectivity index (χ0) is 8.55. The number of hydrogen-bond donors (Lipinski definition) is 1. The zero-order valence-electron chi connectivity index (χ0n) is 6.79. The molecule has 1 heterocycles. The molecular formula is C10H9O2. The SMILES string of the molecule is Cc1oc2ccc[c]c2c1CO. The first-order valence-electron chi connectivity index (χ1n) is 3.82. The Morgan fingerprint density at radius 2 is 2.42 bits per heavy atom. The molecule has 2 rings (SSSR count). The second-order valence-corrected chi connectivity index (χ2v) is 2.70. The van der Waals surface area contributed by atoms with Gasteiger partial charge in [0, 0.05) is 10.9 Å². The Morgan fingerprint density at radius 1 is 1.58 bits per heavy atom. The van der Waals surface area contributed by atoms with E-state index in [0.29, 0.717) is 0 Å². The van der Waals surface area contributed by atoms with E-state index < -0.39 is 0 Å². The van der Waals surface area contributed by atoms with Gasteiger partial charge in [-0.1, -0.05) is 12.1 Å². The maximum atomic E-state index is 9.03. The molecule has 61 valence electrons. The lowest BCUT2D eigenvalue weighted by atomic mass is 10.1. The van der Waals surface area contributed by atoms with Crippen molar-refractivity contribution in [3.05, 3.63) is 35.6 Å². The number of fused-ring (bicyclic) bond motifs is 1. The minimum Gasteiger partial charge on any atom is -0.461 e. The summed E-state index contributed by atoms with van der Waals surface area (Å²) in [6.45, 7) is 1.86. The van der Waals surface area contributed by atoms with Crippen LogP contribution in [-0.2, 0) is 6.61 Å². The average Bonchev–Trinajstić information content (AvgIpc) is 2.40. The summed E-state index contributed by atoms with van der Waals surface area (Å²) in [5.74, 6) is 0.773. The van der Waals surface area contributed by atoms with E-state index in [1.807, 2.05) is 25.1 Å². The molecule has 1 N–H and O–H groups in total. The highest BCUT2D eigenvalue weighted by atomic mass is 16.3. The Kier molecular flexibility index (Phi) is 1.62. The molecule has 2 heteroatoms. The molecule has 0 spiro atoms. The van der Waals surface area contributed by atoms with Crippen LogP contribution >= 0.6 is 0 Å². The van der Waals surface area contributed by atoms with E-state index in [2.05, 4.69) is 6.07 Å². The van der Waals surface area contributed by atoms with E-state index in [-0.39, 0.29) is 6.61 Å². The maximum absolute atomic E-state index is 9.03. The number of aliphatic hydroxyl groups excluding tert-OH is 1. The Hall–Kier alpha value is -1.28. The van der Waals surface area contributed by atoms with Crippen LogP contribution in [0.1, 0.15) is 11.3 Å². The highest BCUT2D eigenvalue weighted by Gasteiger charge is 2.08. The lowest BCUT2D eigenvalue weighted by molar-refractivity contribution is 0.280. The van der Waals surface area contributed by atoms with Gasteiger partial charge in [-0.25, -0.2) is 0 Å². The molecule has 1 aromatic carbocycles. The molecule has 2 aromatic rings. The monoisotopic (exact) mass is 161 g/mol. The van der Waals surface area contributed by atoms with Gasteiger partial charge in [-0.2, -0.15) is 0 Å². The molecule has 0 bridgehead atoms. The van der Waals surface area contributed by atoms with Gasteiger partial charge < -0.3 is 9.52 Å². The Morgan fingerprint density at radius 3 is 3.17 bits per heavy atom. The van der Waals surface area contributed by atoms with Gasteiger partial charge in [-0.3, -0.25) is 0 Å². The van der Waals surface area contributed by atoms with Crippen LogP contribution in [0.5, 0.6) is 0 Å². The van der Waals surface area contributed by atoms with Gasteiger partial charge in [-0.15, -0.1) is 0 Å². The molecule has 0 saturated carbocycles. The summed E-state index contributed by atoms with van der Waals surface area (Å²) in [4.78, 5) is 0. The summed E-state index contributed by atoms with van der Waals surface area (Å²) in [7, 11) is 0. The first-order valence-corrected chi connectivity index (χ1v) is 3.82. The molecular weight excluding hydrogens is 152 g/mol. The van der Waals surface area contributed by atoms with E-state index in [0.717, 1.165) is 22.3 Å². The van der Waals surface area contributed by atoms with Crippen molar-refractivity contribution in [3.63, 3.8) is 0 Å². The van der Waals surface area contributed by atoms with Crippen molar-refractivity contribution in [1.29, 1.82) is 0 Å². The molecule has 1 radical (unpaired) electrons. The van der Waals surface area contributed by atoms with E-state index >= 15 is 0 Å². The minimum absolute atomic E-state index is 0.0132. The summed E-state index contributed by atoms with van der Waals surface area (Å²) in [6, 6.07) is 8.59. The summed E-state index contributed by atoms with van der Waals surface area (Å²) >= 11 is 0. The number of rotatable bonds is 1. The summed E-state index contributed by atoms with van der Waals surface area (Å²) < 4.78 is 5.40. The van der Waals surface area contributed by atoms with Crippen LogP contribution in [0.2, 0.25) is 0 Å². The lowest BCUT2D eigenvalue weighted by Crippen LogP contribution is -1.82. The highest BCUT2D eigenvalue weighted by molar-refractivity contribution is 5.81. The number of benzene rings is 1. The Labute approximate surface area is 70.4 Å². The molecule has 0 saturated heterocycles. The van der Waals surface area contributed by atoms with Crippen molar-refractivity contribution in [1.82, 2.24) is 0 Å². The molecule has 0 fully saturated rings. The van der Waals surface area contributed by atoms with Crippen LogP contribution in [-0.4, -0.2) is 5.11 Å². The van der Waals surface area contributed by atoms with Crippen LogP contribution in [0, 0.1) is 13.0 Å². The van der Waals surface area contributed by atoms with Crippen LogP contribution in [0.3, 0.4) is 0 Å². The topological polar surface area (TPSA) is 33.4 Å². The molecule has 0 aliphatic rings. The molecule has 0 aliphatic carbocycles. The van der Waals surface area contributed by atoms with Crippen LogP contribution in [0.4, 0.5) is 0 Å². The molecule has 0 amide bonds. The highest BCUT2D eigenvalue weighted by Crippen LogP contribution is 2.24. The third-order valence-corrected chi connectivity index (χ3v) is 1.97. The molecule has 2 nitrogen and oxygen atoms in total. The summed E-state index contributed by atoms with van der Waals surface area (Å²) in [5.41, 5.74) is 1.63. The van der Waals surface area contributed by atoms with Crippen molar-refractivity contribution in [2.45, 2.75) is 13.5 Å². The van der Waals surface area contributed by atoms with Crippen LogP contribution < -0.4 is 0 Å². The maximum Gasteiger partial charge on any atom is 0.135 e. The molecule has 12 heavy (non-hydrogen) atoms. The van der Waals surface area contributed by atoms with Gasteiger partial charge in [0.2, 0.25) is 0 Å². The van der Waals surface area contributed by atoms with Crippen molar-refractivity contribution < 1.29 is 9.52 Å². The predicted octanol–water partition coefficient (Wildman–Crippen LogP) is 2.03. The number of hydrogen-bond acceptors (Lipinski definition) is 2. The van der Waals surface area contributed by atoms with E-state index in [1.165, 1.54) is 0 Å². The quantitative estimate of drug-likeness (QED) is 0.694. The fourth-order valence-electron chi connectivity index (χ4n) is 1.34. The summed E-state index contributed by atoms with van der Waals surface area (Å²) in [6.07, 6.45) is 0. The molecule has 1 aromatic heterocycles. The van der Waals surface area contributed by atoms with E-state index in [9.17, 15) is 0 Å². The van der Waals surface area contributed by atoms with Gasteiger partial charge in [0.1, 0.15) is 11.3 Å². The van der Waals surface area contributed by atoms with E-state index in [1.54, 1.807) is 0 Å². The molecule has 0 unspecified atom stereocenters. The first kappa shape index (κ1) is 7.37. The van der Waals surface area contributed by atoms with Gasteiger partial charge in [0.15, 0.2) is 0 Å². The molecule has 0 atom stereocenters. The third-order valence-electron chi connectivity index (χ3n) is 1.97. The second-order valence-electron chi connectivity index (χ2n) is 2.70. The van der Waals surface area contributed by atoms with Crippen molar-refractivity contribution in [2.24, 2.45) is 0 Å². The zero-order valence-corrected chi connectivity index (χ0v) is 6.79. The van der Waals surface area contributed by atoms with Crippen molar-refractivity contribution in [2.75, 3.05) is 0 Å². The fraction of sp³-hybridized carbons (Fsp3) is 0.200. The normalized spacial score (nSPS) is 10.8. The van der Waals surface area contributed by atoms with Crippen molar-refractivity contribution >= 4 is 11.0 Å². The third kappa shape index (κ3) is 0.924. The van der Waals surface area contributed by atoms with Gasteiger partial charge in [-0.05, 0) is 19.1 Å². The number of aliphatic hydroxyl groups is 1. The van der Waals surface area contributed by atoms with Gasteiger partial charge >= 0.3 is 0 Å². The minimum atomic E-state index is 0.0132. The van der Waals surface area contributed by atoms with Crippen molar-refractivity contribution in [3.8, 4) is 0 Å². The smallest absolute Gasteiger partial charge is 0.135 e. The Balaban J connectivity index is 2.81. The fourth-order valence-corrected chi connectivity index (χ4v) is 1.34. The standard InChI is InChI=1S/C10H9O2/c1-7-9(6-11)8-4-2-3-5-10(8)12-7/h2-3,5,11H,6H2,1H3. The largest absolute Gasteiger partial charge is 0.461 e.